The minimum absolute atomic E-state index is 0.739. The fraction of sp³-hybridized carbons (Fsp3) is 1.00. The second kappa shape index (κ2) is 7.49. The van der Waals surface area contributed by atoms with Crippen molar-refractivity contribution in [3.63, 3.8) is 0 Å². The van der Waals surface area contributed by atoms with E-state index in [1.807, 2.05) is 0 Å². The standard InChI is InChI=1S/C16H32N2/c1-14(16-7-5-3-4-6-8-16)17-13-15-9-11-18(2)12-10-15/h14-17H,3-13H2,1-2H3/t14-/m0/s1. The van der Waals surface area contributed by atoms with Crippen LogP contribution in [0.3, 0.4) is 0 Å². The van der Waals surface area contributed by atoms with E-state index < -0.39 is 0 Å². The third-order valence-electron chi connectivity index (χ3n) is 5.17. The molecular weight excluding hydrogens is 220 g/mol. The molecule has 18 heavy (non-hydrogen) atoms. The summed E-state index contributed by atoms with van der Waals surface area (Å²) in [5.74, 6) is 1.87. The van der Waals surface area contributed by atoms with E-state index in [-0.39, 0.29) is 0 Å². The van der Waals surface area contributed by atoms with Crippen molar-refractivity contribution >= 4 is 0 Å². The molecule has 1 saturated heterocycles. The van der Waals surface area contributed by atoms with Gasteiger partial charge >= 0.3 is 0 Å². The van der Waals surface area contributed by atoms with Crippen molar-refractivity contribution in [3.8, 4) is 0 Å². The largest absolute Gasteiger partial charge is 0.314 e. The number of likely N-dealkylation sites (tertiary alicyclic amines) is 1. The first-order chi connectivity index (χ1) is 8.75. The van der Waals surface area contributed by atoms with Crippen molar-refractivity contribution < 1.29 is 0 Å². The monoisotopic (exact) mass is 252 g/mol. The smallest absolute Gasteiger partial charge is 0.00671 e. The number of rotatable bonds is 4. The SMILES string of the molecule is C[C@H](NCC1CCN(C)CC1)C1CCCCCC1. The van der Waals surface area contributed by atoms with Gasteiger partial charge in [0.15, 0.2) is 0 Å². The normalized spacial score (nSPS) is 27.0. The van der Waals surface area contributed by atoms with Crippen LogP contribution in [-0.2, 0) is 0 Å². The van der Waals surface area contributed by atoms with Crippen LogP contribution < -0.4 is 5.32 Å². The van der Waals surface area contributed by atoms with Crippen LogP contribution in [0.2, 0.25) is 0 Å². The van der Waals surface area contributed by atoms with E-state index in [9.17, 15) is 0 Å². The van der Waals surface area contributed by atoms with Gasteiger partial charge in [0, 0.05) is 6.04 Å². The second-order valence-electron chi connectivity index (χ2n) is 6.70. The molecule has 2 nitrogen and oxygen atoms in total. The Hall–Kier alpha value is -0.0800. The zero-order valence-electron chi connectivity index (χ0n) is 12.5. The molecule has 1 aliphatic heterocycles. The Kier molecular flexibility index (Phi) is 5.97. The maximum absolute atomic E-state index is 3.85. The molecule has 0 bridgehead atoms. The molecule has 1 saturated carbocycles. The quantitative estimate of drug-likeness (QED) is 0.773. The fourth-order valence-corrected chi connectivity index (χ4v) is 3.60. The van der Waals surface area contributed by atoms with Gasteiger partial charge in [-0.2, -0.15) is 0 Å². The van der Waals surface area contributed by atoms with Crippen LogP contribution in [0.4, 0.5) is 0 Å². The average molecular weight is 252 g/mol. The summed E-state index contributed by atoms with van der Waals surface area (Å²) < 4.78 is 0. The minimum Gasteiger partial charge on any atom is -0.314 e. The Morgan fingerprint density at radius 1 is 1.00 bits per heavy atom. The lowest BCUT2D eigenvalue weighted by atomic mass is 9.91. The summed E-state index contributed by atoms with van der Waals surface area (Å²) in [7, 11) is 2.25. The first-order valence-electron chi connectivity index (χ1n) is 8.17. The molecule has 2 fully saturated rings. The predicted molar refractivity (Wildman–Crippen MR) is 78.9 cm³/mol. The topological polar surface area (TPSA) is 15.3 Å². The highest BCUT2D eigenvalue weighted by Gasteiger charge is 2.21. The summed E-state index contributed by atoms with van der Waals surface area (Å²) >= 11 is 0. The van der Waals surface area contributed by atoms with Crippen molar-refractivity contribution in [2.45, 2.75) is 64.3 Å². The third kappa shape index (κ3) is 4.55. The number of nitrogens with zero attached hydrogens (tertiary/aromatic N) is 1. The molecule has 2 heteroatoms. The van der Waals surface area contributed by atoms with Gasteiger partial charge in [0.1, 0.15) is 0 Å². The van der Waals surface area contributed by atoms with Gasteiger partial charge in [0.25, 0.3) is 0 Å². The highest BCUT2D eigenvalue weighted by molar-refractivity contribution is 4.78. The fourth-order valence-electron chi connectivity index (χ4n) is 3.60. The van der Waals surface area contributed by atoms with Gasteiger partial charge in [-0.15, -0.1) is 0 Å². The molecule has 0 radical (unpaired) electrons. The van der Waals surface area contributed by atoms with E-state index >= 15 is 0 Å². The van der Waals surface area contributed by atoms with Crippen molar-refractivity contribution in [2.75, 3.05) is 26.7 Å². The van der Waals surface area contributed by atoms with Crippen LogP contribution in [0.5, 0.6) is 0 Å². The van der Waals surface area contributed by atoms with Gasteiger partial charge in [0.05, 0.1) is 0 Å². The Morgan fingerprint density at radius 3 is 2.22 bits per heavy atom. The Balaban J connectivity index is 1.65. The summed E-state index contributed by atoms with van der Waals surface area (Å²) in [5, 5.41) is 3.85. The zero-order chi connectivity index (χ0) is 12.8. The highest BCUT2D eigenvalue weighted by Crippen LogP contribution is 2.25. The number of nitrogens with one attached hydrogen (secondary N) is 1. The molecule has 2 aliphatic rings. The van der Waals surface area contributed by atoms with Gasteiger partial charge in [-0.1, -0.05) is 25.7 Å². The lowest BCUT2D eigenvalue weighted by Crippen LogP contribution is -2.40. The number of piperidine rings is 1. The summed E-state index contributed by atoms with van der Waals surface area (Å²) in [5.41, 5.74) is 0. The Bertz CT molecular complexity index is 213. The molecule has 0 aromatic rings. The lowest BCUT2D eigenvalue weighted by molar-refractivity contribution is 0.206. The first-order valence-corrected chi connectivity index (χ1v) is 8.17. The summed E-state index contributed by atoms with van der Waals surface area (Å²) in [4.78, 5) is 2.46. The second-order valence-corrected chi connectivity index (χ2v) is 6.70. The van der Waals surface area contributed by atoms with Crippen LogP contribution >= 0.6 is 0 Å². The number of hydrogen-bond acceptors (Lipinski definition) is 2. The van der Waals surface area contributed by atoms with Crippen LogP contribution in [-0.4, -0.2) is 37.6 Å². The van der Waals surface area contributed by atoms with Gasteiger partial charge < -0.3 is 10.2 Å². The van der Waals surface area contributed by atoms with Crippen molar-refractivity contribution in [1.82, 2.24) is 10.2 Å². The Labute approximate surface area is 114 Å². The van der Waals surface area contributed by atoms with Gasteiger partial charge in [-0.05, 0) is 71.1 Å². The molecule has 1 aliphatic carbocycles. The molecule has 1 heterocycles. The van der Waals surface area contributed by atoms with E-state index in [2.05, 4.69) is 24.2 Å². The summed E-state index contributed by atoms with van der Waals surface area (Å²) in [6.45, 7) is 6.27. The predicted octanol–water partition coefficient (Wildman–Crippen LogP) is 3.28. The summed E-state index contributed by atoms with van der Waals surface area (Å²) in [6.07, 6.45) is 11.6. The lowest BCUT2D eigenvalue weighted by Gasteiger charge is -2.31. The average Bonchev–Trinajstić information content (AvgIpc) is 2.66. The van der Waals surface area contributed by atoms with E-state index in [4.69, 9.17) is 0 Å². The molecule has 0 unspecified atom stereocenters. The minimum atomic E-state index is 0.739. The van der Waals surface area contributed by atoms with Gasteiger partial charge in [-0.3, -0.25) is 0 Å². The highest BCUT2D eigenvalue weighted by atomic mass is 15.1. The van der Waals surface area contributed by atoms with Crippen molar-refractivity contribution in [1.29, 1.82) is 0 Å². The maximum atomic E-state index is 3.85. The molecule has 0 spiro atoms. The molecular formula is C16H32N2. The maximum Gasteiger partial charge on any atom is 0.00671 e. The molecule has 1 atom stereocenters. The number of hydrogen-bond donors (Lipinski definition) is 1. The zero-order valence-corrected chi connectivity index (χ0v) is 12.5. The van der Waals surface area contributed by atoms with E-state index in [1.165, 1.54) is 71.0 Å². The first kappa shape index (κ1) is 14.3. The molecule has 0 aromatic heterocycles. The van der Waals surface area contributed by atoms with E-state index in [0.29, 0.717) is 0 Å². The van der Waals surface area contributed by atoms with Gasteiger partial charge in [-0.25, -0.2) is 0 Å². The van der Waals surface area contributed by atoms with Crippen molar-refractivity contribution in [3.05, 3.63) is 0 Å². The van der Waals surface area contributed by atoms with E-state index in [1.54, 1.807) is 0 Å². The third-order valence-corrected chi connectivity index (χ3v) is 5.17. The molecule has 2 rings (SSSR count). The molecule has 1 N–H and O–H groups in total. The van der Waals surface area contributed by atoms with Crippen LogP contribution in [0.15, 0.2) is 0 Å². The van der Waals surface area contributed by atoms with Crippen LogP contribution in [0.25, 0.3) is 0 Å². The summed E-state index contributed by atoms with van der Waals surface area (Å²) in [6, 6.07) is 0.739. The molecule has 0 aromatic carbocycles. The van der Waals surface area contributed by atoms with Gasteiger partial charge in [0.2, 0.25) is 0 Å². The molecule has 106 valence electrons. The van der Waals surface area contributed by atoms with Crippen LogP contribution in [0, 0.1) is 11.8 Å². The van der Waals surface area contributed by atoms with Crippen molar-refractivity contribution in [2.24, 2.45) is 11.8 Å². The Morgan fingerprint density at radius 2 is 1.61 bits per heavy atom. The van der Waals surface area contributed by atoms with Crippen LogP contribution in [0.1, 0.15) is 58.3 Å². The van der Waals surface area contributed by atoms with E-state index in [0.717, 1.165) is 17.9 Å². The molecule has 0 amide bonds.